The summed E-state index contributed by atoms with van der Waals surface area (Å²) in [6, 6.07) is 4.45. The van der Waals surface area contributed by atoms with E-state index < -0.39 is 12.8 Å². The monoisotopic (exact) mass is 364 g/mol. The first-order chi connectivity index (χ1) is 12.3. The van der Waals surface area contributed by atoms with Gasteiger partial charge in [-0.15, -0.1) is 0 Å². The molecule has 0 atom stereocenters. The fourth-order valence-corrected chi connectivity index (χ4v) is 2.34. The molecule has 3 rings (SSSR count). The average Bonchev–Trinajstić information content (AvgIpc) is 3.04. The third-order valence-corrected chi connectivity index (χ3v) is 3.53. The minimum absolute atomic E-state index is 0.196. The number of pyridine rings is 2. The van der Waals surface area contributed by atoms with Crippen LogP contribution in [0.2, 0.25) is 0 Å². The molecule has 11 heteroatoms. The predicted octanol–water partition coefficient (Wildman–Crippen LogP) is 2.31. The van der Waals surface area contributed by atoms with Crippen LogP contribution in [0.15, 0.2) is 16.8 Å². The van der Waals surface area contributed by atoms with Crippen LogP contribution in [-0.2, 0) is 6.42 Å². The Morgan fingerprint density at radius 2 is 2.04 bits per heavy atom. The van der Waals surface area contributed by atoms with Crippen LogP contribution in [0.4, 0.5) is 18.9 Å². The Morgan fingerprint density at radius 3 is 2.73 bits per heavy atom. The largest absolute Gasteiger partial charge is 0.481 e. The average molecular weight is 364 g/mol. The van der Waals surface area contributed by atoms with Crippen LogP contribution in [0.1, 0.15) is 22.6 Å². The molecule has 0 aliphatic rings. The molecule has 0 bridgehead atoms. The van der Waals surface area contributed by atoms with E-state index in [0.29, 0.717) is 28.2 Å². The van der Waals surface area contributed by atoms with E-state index in [9.17, 15) is 13.2 Å². The summed E-state index contributed by atoms with van der Waals surface area (Å²) in [6.07, 6.45) is -4.31. The van der Waals surface area contributed by atoms with Crippen molar-refractivity contribution in [1.82, 2.24) is 20.3 Å². The zero-order chi connectivity index (χ0) is 18.9. The van der Waals surface area contributed by atoms with Gasteiger partial charge < -0.3 is 10.5 Å². The lowest BCUT2D eigenvalue weighted by Gasteiger charge is -2.12. The van der Waals surface area contributed by atoms with Gasteiger partial charge >= 0.3 is 6.18 Å². The van der Waals surface area contributed by atoms with Crippen LogP contribution in [0.5, 0.6) is 5.75 Å². The van der Waals surface area contributed by atoms with Crippen molar-refractivity contribution >= 4 is 16.9 Å². The van der Waals surface area contributed by atoms with Crippen molar-refractivity contribution < 1.29 is 22.5 Å². The minimum Gasteiger partial charge on any atom is -0.481 e. The smallest absolute Gasteiger partial charge is 0.422 e. The molecule has 2 N–H and O–H groups in total. The van der Waals surface area contributed by atoms with Gasteiger partial charge in [-0.1, -0.05) is 0 Å². The number of anilines is 1. The van der Waals surface area contributed by atoms with Crippen molar-refractivity contribution in [3.63, 3.8) is 0 Å². The SMILES string of the molecule is Cc1nc2nonc2c(N)c1Cc1ccc(OCC(F)(F)F)c(C#N)n1. The molecule has 8 nitrogen and oxygen atoms in total. The lowest BCUT2D eigenvalue weighted by Crippen LogP contribution is -2.19. The summed E-state index contributed by atoms with van der Waals surface area (Å²) in [5.41, 5.74) is 8.28. The highest BCUT2D eigenvalue weighted by molar-refractivity contribution is 5.85. The van der Waals surface area contributed by atoms with Crippen LogP contribution in [0.3, 0.4) is 0 Å². The molecule has 0 radical (unpaired) electrons. The molecule has 0 fully saturated rings. The van der Waals surface area contributed by atoms with E-state index in [-0.39, 0.29) is 23.5 Å². The summed E-state index contributed by atoms with van der Waals surface area (Å²) in [6.45, 7) is 0.209. The number of nitrogen functional groups attached to an aromatic ring is 1. The highest BCUT2D eigenvalue weighted by Gasteiger charge is 2.29. The van der Waals surface area contributed by atoms with Crippen LogP contribution < -0.4 is 10.5 Å². The lowest BCUT2D eigenvalue weighted by molar-refractivity contribution is -0.153. The molecule has 0 aromatic carbocycles. The zero-order valence-electron chi connectivity index (χ0n) is 13.3. The maximum absolute atomic E-state index is 12.3. The fourth-order valence-electron chi connectivity index (χ4n) is 2.34. The lowest BCUT2D eigenvalue weighted by atomic mass is 10.0. The summed E-state index contributed by atoms with van der Waals surface area (Å²) < 4.78 is 46.0. The minimum atomic E-state index is -4.51. The van der Waals surface area contributed by atoms with Gasteiger partial charge in [-0.25, -0.2) is 14.6 Å². The van der Waals surface area contributed by atoms with Gasteiger partial charge in [0.25, 0.3) is 0 Å². The number of alkyl halides is 3. The van der Waals surface area contributed by atoms with Crippen LogP contribution in [-0.4, -0.2) is 33.1 Å². The van der Waals surface area contributed by atoms with Gasteiger partial charge in [-0.2, -0.15) is 18.4 Å². The number of ether oxygens (including phenoxy) is 1. The molecular weight excluding hydrogens is 353 g/mol. The van der Waals surface area contributed by atoms with Crippen molar-refractivity contribution in [2.45, 2.75) is 19.5 Å². The predicted molar refractivity (Wildman–Crippen MR) is 82.1 cm³/mol. The van der Waals surface area contributed by atoms with Gasteiger partial charge in [0.15, 0.2) is 23.6 Å². The van der Waals surface area contributed by atoms with E-state index in [0.717, 1.165) is 0 Å². The number of halogens is 3. The topological polar surface area (TPSA) is 124 Å². The van der Waals surface area contributed by atoms with Crippen molar-refractivity contribution in [2.24, 2.45) is 0 Å². The van der Waals surface area contributed by atoms with Crippen molar-refractivity contribution in [1.29, 1.82) is 5.26 Å². The number of hydrogen-bond acceptors (Lipinski definition) is 8. The molecule has 26 heavy (non-hydrogen) atoms. The number of aryl methyl sites for hydroxylation is 1. The Balaban J connectivity index is 1.90. The van der Waals surface area contributed by atoms with E-state index in [4.69, 9.17) is 11.0 Å². The Kier molecular flexibility index (Phi) is 4.33. The third-order valence-electron chi connectivity index (χ3n) is 3.53. The molecular formula is C15H11F3N6O2. The number of hydrogen-bond donors (Lipinski definition) is 1. The molecule has 3 aromatic heterocycles. The Labute approximate surface area is 144 Å². The molecule has 0 unspecified atom stereocenters. The summed E-state index contributed by atoms with van der Waals surface area (Å²) in [5, 5.41) is 16.4. The number of nitrogens with two attached hydrogens (primary N) is 1. The summed E-state index contributed by atoms with van der Waals surface area (Å²) >= 11 is 0. The van der Waals surface area contributed by atoms with Crippen LogP contribution in [0, 0.1) is 18.3 Å². The number of fused-ring (bicyclic) bond motifs is 1. The first-order valence-electron chi connectivity index (χ1n) is 7.25. The summed E-state index contributed by atoms with van der Waals surface area (Å²) in [5.74, 6) is -0.243. The van der Waals surface area contributed by atoms with Gasteiger partial charge in [-0.05, 0) is 29.4 Å². The second-order valence-corrected chi connectivity index (χ2v) is 5.37. The van der Waals surface area contributed by atoms with E-state index >= 15 is 0 Å². The second-order valence-electron chi connectivity index (χ2n) is 5.37. The van der Waals surface area contributed by atoms with E-state index in [1.54, 1.807) is 13.0 Å². The Hall–Kier alpha value is -3.42. The van der Waals surface area contributed by atoms with Gasteiger partial charge in [0, 0.05) is 23.4 Å². The van der Waals surface area contributed by atoms with Gasteiger partial charge in [0.2, 0.25) is 5.65 Å². The number of nitriles is 1. The normalized spacial score (nSPS) is 11.5. The highest BCUT2D eigenvalue weighted by atomic mass is 19.4. The summed E-state index contributed by atoms with van der Waals surface area (Å²) in [4.78, 5) is 8.26. The van der Waals surface area contributed by atoms with Crippen molar-refractivity contribution in [3.05, 3.63) is 34.8 Å². The maximum Gasteiger partial charge on any atom is 0.422 e. The number of rotatable bonds is 4. The third kappa shape index (κ3) is 3.49. The van der Waals surface area contributed by atoms with E-state index in [1.165, 1.54) is 12.1 Å². The maximum atomic E-state index is 12.3. The number of aromatic nitrogens is 4. The molecule has 0 aliphatic carbocycles. The molecule has 0 saturated carbocycles. The van der Waals surface area contributed by atoms with Gasteiger partial charge in [0.05, 0.1) is 5.69 Å². The molecule has 3 aromatic rings. The van der Waals surface area contributed by atoms with E-state index in [2.05, 4.69) is 29.6 Å². The van der Waals surface area contributed by atoms with E-state index in [1.807, 2.05) is 0 Å². The molecule has 3 heterocycles. The Bertz CT molecular complexity index is 1010. The van der Waals surface area contributed by atoms with Gasteiger partial charge in [0.1, 0.15) is 6.07 Å². The molecule has 0 aliphatic heterocycles. The quantitative estimate of drug-likeness (QED) is 0.748. The molecule has 0 spiro atoms. The standard InChI is InChI=1S/C15H11F3N6O2/c1-7-9(12(20)13-14(21-7)24-26-23-13)4-8-2-3-11(10(5-19)22-8)25-6-15(16,17)18/h2-3H,4,6,20H2,1H3. The number of nitrogens with zero attached hydrogens (tertiary/aromatic N) is 5. The first kappa shape index (κ1) is 17.4. The van der Waals surface area contributed by atoms with Crippen LogP contribution >= 0.6 is 0 Å². The second kappa shape index (κ2) is 6.47. The highest BCUT2D eigenvalue weighted by Crippen LogP contribution is 2.27. The molecule has 0 amide bonds. The first-order valence-corrected chi connectivity index (χ1v) is 7.25. The molecule has 0 saturated heterocycles. The van der Waals surface area contributed by atoms with Crippen molar-refractivity contribution in [2.75, 3.05) is 12.3 Å². The zero-order valence-corrected chi connectivity index (χ0v) is 13.3. The van der Waals surface area contributed by atoms with Crippen LogP contribution in [0.25, 0.3) is 11.2 Å². The summed E-state index contributed by atoms with van der Waals surface area (Å²) in [7, 11) is 0. The van der Waals surface area contributed by atoms with Crippen molar-refractivity contribution in [3.8, 4) is 11.8 Å². The molecule has 134 valence electrons. The Morgan fingerprint density at radius 1 is 1.27 bits per heavy atom. The van der Waals surface area contributed by atoms with Gasteiger partial charge in [-0.3, -0.25) is 0 Å². The fraction of sp³-hybridized carbons (Fsp3) is 0.267.